The van der Waals surface area contributed by atoms with Crippen LogP contribution in [0.5, 0.6) is 0 Å². The zero-order valence-electron chi connectivity index (χ0n) is 22.6. The van der Waals surface area contributed by atoms with Gasteiger partial charge in [-0.3, -0.25) is 4.79 Å². The third kappa shape index (κ3) is 13.2. The Labute approximate surface area is 212 Å². The Kier molecular flexibility index (Phi) is 15.0. The average molecular weight is 499 g/mol. The van der Waals surface area contributed by atoms with Crippen LogP contribution in [0, 0.1) is 23.7 Å². The Hall–Kier alpha value is -1.76. The summed E-state index contributed by atoms with van der Waals surface area (Å²) in [4.78, 5) is 23.1. The summed E-state index contributed by atoms with van der Waals surface area (Å²) in [5, 5.41) is 28.8. The molecule has 1 heterocycles. The molecule has 0 aromatic carbocycles. The molecule has 0 amide bonds. The highest BCUT2D eigenvalue weighted by Crippen LogP contribution is 2.24. The lowest BCUT2D eigenvalue weighted by Crippen LogP contribution is -2.33. The topological polar surface area (TPSA) is 113 Å². The maximum atomic E-state index is 11.9. The molecule has 0 radical (unpaired) electrons. The lowest BCUT2D eigenvalue weighted by molar-refractivity contribution is -0.154. The first-order chi connectivity index (χ1) is 16.5. The van der Waals surface area contributed by atoms with Crippen LogP contribution in [0.4, 0.5) is 0 Å². The van der Waals surface area contributed by atoms with Crippen LogP contribution in [0.2, 0.25) is 0 Å². The van der Waals surface area contributed by atoms with Gasteiger partial charge in [-0.1, -0.05) is 98.8 Å². The first-order valence-corrected chi connectivity index (χ1v) is 13.7. The van der Waals surface area contributed by atoms with Gasteiger partial charge in [0.2, 0.25) is 5.76 Å². The molecule has 1 aliphatic rings. The van der Waals surface area contributed by atoms with E-state index in [0.29, 0.717) is 12.3 Å². The standard InChI is InChI=1S/C28H50O7/c1-19(2)10-6-11-20(3)12-7-13-21(4)14-8-15-22(5)16-9-17-24(30)34-18-23(29)27-25(31)26(32)28(33)35-27/h19-23,27,29,31-32H,6-18H2,1-5H3/t20?,21?,22?,23-,27+/m0/s1. The molecule has 0 aromatic heterocycles. The maximum absolute atomic E-state index is 11.9. The summed E-state index contributed by atoms with van der Waals surface area (Å²) in [6.07, 6.45) is 10.8. The van der Waals surface area contributed by atoms with Gasteiger partial charge in [0.15, 0.2) is 11.9 Å². The zero-order chi connectivity index (χ0) is 26.4. The number of aliphatic hydroxyl groups is 3. The van der Waals surface area contributed by atoms with E-state index in [1.807, 2.05) is 0 Å². The molecular formula is C28H50O7. The molecule has 3 unspecified atom stereocenters. The quantitative estimate of drug-likeness (QED) is 0.177. The van der Waals surface area contributed by atoms with Crippen LogP contribution in [0.1, 0.15) is 112 Å². The molecule has 204 valence electrons. The lowest BCUT2D eigenvalue weighted by atomic mass is 9.90. The molecule has 0 aliphatic carbocycles. The fraction of sp³-hybridized carbons (Fsp3) is 0.857. The number of aliphatic hydroxyl groups excluding tert-OH is 3. The molecule has 0 fully saturated rings. The van der Waals surface area contributed by atoms with E-state index in [4.69, 9.17) is 4.74 Å². The van der Waals surface area contributed by atoms with Gasteiger partial charge in [0.25, 0.3) is 0 Å². The minimum Gasteiger partial charge on any atom is -0.505 e. The molecule has 0 spiro atoms. The Morgan fingerprint density at radius 3 is 1.71 bits per heavy atom. The second-order valence-corrected chi connectivity index (χ2v) is 11.2. The largest absolute Gasteiger partial charge is 0.505 e. The summed E-state index contributed by atoms with van der Waals surface area (Å²) in [5.41, 5.74) is 0. The molecule has 7 nitrogen and oxygen atoms in total. The molecular weight excluding hydrogens is 448 g/mol. The van der Waals surface area contributed by atoms with Crippen molar-refractivity contribution in [3.8, 4) is 0 Å². The van der Waals surface area contributed by atoms with Gasteiger partial charge in [-0.2, -0.15) is 0 Å². The van der Waals surface area contributed by atoms with Gasteiger partial charge in [-0.05, 0) is 30.1 Å². The molecule has 0 saturated heterocycles. The van der Waals surface area contributed by atoms with Crippen LogP contribution < -0.4 is 0 Å². The van der Waals surface area contributed by atoms with E-state index in [-0.39, 0.29) is 6.42 Å². The van der Waals surface area contributed by atoms with Gasteiger partial charge in [0, 0.05) is 6.42 Å². The molecule has 1 aliphatic heterocycles. The highest BCUT2D eigenvalue weighted by molar-refractivity contribution is 5.89. The lowest BCUT2D eigenvalue weighted by Gasteiger charge is -2.17. The normalized spacial score (nSPS) is 19.5. The highest BCUT2D eigenvalue weighted by atomic mass is 16.6. The number of esters is 2. The van der Waals surface area contributed by atoms with Crippen LogP contribution in [0.25, 0.3) is 0 Å². The fourth-order valence-corrected chi connectivity index (χ4v) is 4.60. The highest BCUT2D eigenvalue weighted by Gasteiger charge is 2.39. The molecule has 0 saturated carbocycles. The van der Waals surface area contributed by atoms with Crippen molar-refractivity contribution in [2.45, 2.75) is 124 Å². The van der Waals surface area contributed by atoms with Crippen molar-refractivity contribution >= 4 is 11.9 Å². The van der Waals surface area contributed by atoms with Crippen molar-refractivity contribution in [2.75, 3.05) is 6.61 Å². The molecule has 0 aromatic rings. The second kappa shape index (κ2) is 16.8. The van der Waals surface area contributed by atoms with Crippen molar-refractivity contribution in [3.05, 3.63) is 11.5 Å². The van der Waals surface area contributed by atoms with Gasteiger partial charge in [0.05, 0.1) is 0 Å². The Morgan fingerprint density at radius 2 is 1.29 bits per heavy atom. The maximum Gasteiger partial charge on any atom is 0.377 e. The Balaban J connectivity index is 2.05. The Bertz CT molecular complexity index is 658. The van der Waals surface area contributed by atoms with E-state index in [0.717, 1.165) is 30.6 Å². The van der Waals surface area contributed by atoms with Crippen molar-refractivity contribution in [1.29, 1.82) is 0 Å². The van der Waals surface area contributed by atoms with Crippen LogP contribution >= 0.6 is 0 Å². The number of rotatable bonds is 19. The van der Waals surface area contributed by atoms with Crippen molar-refractivity contribution in [3.63, 3.8) is 0 Å². The minimum absolute atomic E-state index is 0.250. The number of carbonyl (C=O) groups excluding carboxylic acids is 2. The van der Waals surface area contributed by atoms with E-state index in [1.54, 1.807) is 0 Å². The molecule has 5 atom stereocenters. The SMILES string of the molecule is CC(C)CCCC(C)CCCC(C)CCCC(C)CCCC(=O)OC[C@H](O)[C@H]1OC(=O)C(O)=C1O. The summed E-state index contributed by atoms with van der Waals surface area (Å²) in [6.45, 7) is 11.2. The van der Waals surface area contributed by atoms with Crippen LogP contribution in [-0.2, 0) is 19.1 Å². The van der Waals surface area contributed by atoms with E-state index >= 15 is 0 Å². The molecule has 35 heavy (non-hydrogen) atoms. The molecule has 7 heteroatoms. The van der Waals surface area contributed by atoms with E-state index in [9.17, 15) is 24.9 Å². The van der Waals surface area contributed by atoms with E-state index in [2.05, 4.69) is 39.4 Å². The number of carbonyl (C=O) groups is 2. The first kappa shape index (κ1) is 31.3. The average Bonchev–Trinajstić information content (AvgIpc) is 3.04. The van der Waals surface area contributed by atoms with Crippen LogP contribution in [-0.4, -0.2) is 46.1 Å². The monoisotopic (exact) mass is 498 g/mol. The third-order valence-electron chi connectivity index (χ3n) is 7.05. The smallest absolute Gasteiger partial charge is 0.377 e. The summed E-state index contributed by atoms with van der Waals surface area (Å²) in [6, 6.07) is 0. The van der Waals surface area contributed by atoms with Gasteiger partial charge >= 0.3 is 11.9 Å². The van der Waals surface area contributed by atoms with Gasteiger partial charge in [-0.15, -0.1) is 0 Å². The number of cyclic esters (lactones) is 1. The summed E-state index contributed by atoms with van der Waals surface area (Å²) in [5.74, 6) is -0.253. The van der Waals surface area contributed by atoms with Gasteiger partial charge in [-0.25, -0.2) is 4.79 Å². The number of ether oxygens (including phenoxy) is 2. The molecule has 3 N–H and O–H groups in total. The first-order valence-electron chi connectivity index (χ1n) is 13.7. The molecule has 0 bridgehead atoms. The fourth-order valence-electron chi connectivity index (χ4n) is 4.60. The zero-order valence-corrected chi connectivity index (χ0v) is 22.6. The number of hydrogen-bond acceptors (Lipinski definition) is 7. The summed E-state index contributed by atoms with van der Waals surface area (Å²) >= 11 is 0. The van der Waals surface area contributed by atoms with E-state index < -0.39 is 42.3 Å². The summed E-state index contributed by atoms with van der Waals surface area (Å²) in [7, 11) is 0. The van der Waals surface area contributed by atoms with Crippen molar-refractivity contribution < 1.29 is 34.4 Å². The van der Waals surface area contributed by atoms with Crippen molar-refractivity contribution in [2.24, 2.45) is 23.7 Å². The van der Waals surface area contributed by atoms with Crippen LogP contribution in [0.15, 0.2) is 11.5 Å². The predicted molar refractivity (Wildman–Crippen MR) is 137 cm³/mol. The van der Waals surface area contributed by atoms with Crippen LogP contribution in [0.3, 0.4) is 0 Å². The second-order valence-electron chi connectivity index (χ2n) is 11.2. The number of hydrogen-bond donors (Lipinski definition) is 3. The van der Waals surface area contributed by atoms with Crippen molar-refractivity contribution in [1.82, 2.24) is 0 Å². The van der Waals surface area contributed by atoms with Gasteiger partial charge in [0.1, 0.15) is 12.7 Å². The third-order valence-corrected chi connectivity index (χ3v) is 7.05. The van der Waals surface area contributed by atoms with Gasteiger partial charge < -0.3 is 24.8 Å². The molecule has 1 rings (SSSR count). The Morgan fingerprint density at radius 1 is 0.829 bits per heavy atom. The van der Waals surface area contributed by atoms with E-state index in [1.165, 1.54) is 51.4 Å². The summed E-state index contributed by atoms with van der Waals surface area (Å²) < 4.78 is 9.67. The predicted octanol–water partition coefficient (Wildman–Crippen LogP) is 6.39. The minimum atomic E-state index is -1.43.